The number of piperidine rings is 1. The molecule has 1 heterocycles. The average molecular weight is 261 g/mol. The van der Waals surface area contributed by atoms with Gasteiger partial charge in [0.1, 0.15) is 5.75 Å². The lowest BCUT2D eigenvalue weighted by Crippen LogP contribution is -2.45. The van der Waals surface area contributed by atoms with Crippen molar-refractivity contribution in [2.45, 2.75) is 45.6 Å². The molecule has 0 radical (unpaired) electrons. The Morgan fingerprint density at radius 3 is 2.74 bits per heavy atom. The second-order valence-corrected chi connectivity index (χ2v) is 6.53. The Hall–Kier alpha value is -1.02. The molecule has 2 rings (SSSR count). The maximum absolute atomic E-state index is 5.84. The smallest absolute Gasteiger partial charge is 0.119 e. The summed E-state index contributed by atoms with van der Waals surface area (Å²) in [4.78, 5) is 2.43. The Morgan fingerprint density at radius 2 is 2.11 bits per heavy atom. The fourth-order valence-electron chi connectivity index (χ4n) is 3.06. The minimum Gasteiger partial charge on any atom is -0.491 e. The number of hydrogen-bond acceptors (Lipinski definition) is 2. The van der Waals surface area contributed by atoms with E-state index in [1.807, 2.05) is 0 Å². The van der Waals surface area contributed by atoms with Crippen LogP contribution in [0.3, 0.4) is 0 Å². The van der Waals surface area contributed by atoms with Gasteiger partial charge in [0.05, 0.1) is 6.10 Å². The number of ether oxygens (including phenoxy) is 1. The van der Waals surface area contributed by atoms with Crippen LogP contribution < -0.4 is 4.74 Å². The highest BCUT2D eigenvalue weighted by Gasteiger charge is 2.37. The van der Waals surface area contributed by atoms with Crippen molar-refractivity contribution in [2.75, 3.05) is 20.1 Å². The van der Waals surface area contributed by atoms with Crippen LogP contribution in [-0.2, 0) is 5.41 Å². The van der Waals surface area contributed by atoms with Gasteiger partial charge in [0.2, 0.25) is 0 Å². The van der Waals surface area contributed by atoms with E-state index < -0.39 is 0 Å². The van der Waals surface area contributed by atoms with Crippen molar-refractivity contribution in [2.24, 2.45) is 5.92 Å². The van der Waals surface area contributed by atoms with Gasteiger partial charge < -0.3 is 9.64 Å². The second kappa shape index (κ2) is 5.54. The molecule has 1 aromatic carbocycles. The summed E-state index contributed by atoms with van der Waals surface area (Å²) in [6.45, 7) is 11.3. The van der Waals surface area contributed by atoms with Crippen LogP contribution in [0.1, 0.15) is 39.7 Å². The molecule has 1 aromatic rings. The molecule has 19 heavy (non-hydrogen) atoms. The molecule has 0 spiro atoms. The van der Waals surface area contributed by atoms with Crippen molar-refractivity contribution in [3.05, 3.63) is 29.8 Å². The molecule has 0 saturated carbocycles. The number of benzene rings is 1. The Morgan fingerprint density at radius 1 is 1.37 bits per heavy atom. The Bertz CT molecular complexity index is 429. The average Bonchev–Trinajstić information content (AvgIpc) is 2.34. The van der Waals surface area contributed by atoms with E-state index in [0.29, 0.717) is 5.92 Å². The highest BCUT2D eigenvalue weighted by Crippen LogP contribution is 2.40. The Kier molecular flexibility index (Phi) is 4.19. The number of rotatable bonds is 3. The molecule has 1 aliphatic rings. The zero-order valence-corrected chi connectivity index (χ0v) is 12.9. The van der Waals surface area contributed by atoms with E-state index in [1.54, 1.807) is 0 Å². The van der Waals surface area contributed by atoms with Crippen LogP contribution in [0, 0.1) is 5.92 Å². The fourth-order valence-corrected chi connectivity index (χ4v) is 3.06. The largest absolute Gasteiger partial charge is 0.491 e. The van der Waals surface area contributed by atoms with Crippen LogP contribution in [0.2, 0.25) is 0 Å². The van der Waals surface area contributed by atoms with Gasteiger partial charge in [-0.15, -0.1) is 0 Å². The maximum atomic E-state index is 5.84. The van der Waals surface area contributed by atoms with Gasteiger partial charge in [0.25, 0.3) is 0 Å². The van der Waals surface area contributed by atoms with E-state index >= 15 is 0 Å². The normalized spacial score (nSPS) is 28.6. The molecule has 2 atom stereocenters. The number of hydrogen-bond donors (Lipinski definition) is 0. The summed E-state index contributed by atoms with van der Waals surface area (Å²) in [6.07, 6.45) is 1.45. The minimum absolute atomic E-state index is 0.234. The summed E-state index contributed by atoms with van der Waals surface area (Å²) in [5.74, 6) is 1.67. The summed E-state index contributed by atoms with van der Waals surface area (Å²) >= 11 is 0. The maximum Gasteiger partial charge on any atom is 0.119 e. The van der Waals surface area contributed by atoms with Crippen molar-refractivity contribution in [3.63, 3.8) is 0 Å². The summed E-state index contributed by atoms with van der Waals surface area (Å²) < 4.78 is 5.84. The molecule has 106 valence electrons. The summed E-state index contributed by atoms with van der Waals surface area (Å²) in [6, 6.07) is 8.69. The quantitative estimate of drug-likeness (QED) is 0.822. The third kappa shape index (κ3) is 3.11. The van der Waals surface area contributed by atoms with E-state index in [2.05, 4.69) is 63.9 Å². The standard InChI is InChI=1S/C17H27NO/c1-13(2)19-16-8-6-7-15(11-16)17(4)9-10-18(5)12-14(17)3/h6-8,11,13-14H,9-10,12H2,1-5H3/t14-,17+/m0/s1. The van der Waals surface area contributed by atoms with Gasteiger partial charge in [0.15, 0.2) is 0 Å². The minimum atomic E-state index is 0.234. The monoisotopic (exact) mass is 261 g/mol. The predicted molar refractivity (Wildman–Crippen MR) is 80.8 cm³/mol. The van der Waals surface area contributed by atoms with E-state index in [-0.39, 0.29) is 11.5 Å². The van der Waals surface area contributed by atoms with Crippen LogP contribution >= 0.6 is 0 Å². The molecular weight excluding hydrogens is 234 g/mol. The van der Waals surface area contributed by atoms with Gasteiger partial charge in [0, 0.05) is 6.54 Å². The molecule has 0 N–H and O–H groups in total. The van der Waals surface area contributed by atoms with Crippen LogP contribution in [-0.4, -0.2) is 31.1 Å². The summed E-state index contributed by atoms with van der Waals surface area (Å²) in [5, 5.41) is 0. The summed E-state index contributed by atoms with van der Waals surface area (Å²) in [7, 11) is 2.22. The highest BCUT2D eigenvalue weighted by atomic mass is 16.5. The van der Waals surface area contributed by atoms with E-state index in [1.165, 1.54) is 25.1 Å². The second-order valence-electron chi connectivity index (χ2n) is 6.53. The number of likely N-dealkylation sites (tertiary alicyclic amines) is 1. The van der Waals surface area contributed by atoms with Gasteiger partial charge in [-0.1, -0.05) is 26.0 Å². The molecule has 2 nitrogen and oxygen atoms in total. The molecule has 0 amide bonds. The van der Waals surface area contributed by atoms with Crippen molar-refractivity contribution >= 4 is 0 Å². The zero-order chi connectivity index (χ0) is 14.0. The SMILES string of the molecule is CC(C)Oc1cccc([C@]2(C)CCN(C)C[C@@H]2C)c1. The molecule has 1 fully saturated rings. The zero-order valence-electron chi connectivity index (χ0n) is 12.9. The Balaban J connectivity index is 2.25. The first kappa shape index (κ1) is 14.4. The molecular formula is C17H27NO. The highest BCUT2D eigenvalue weighted by molar-refractivity contribution is 5.34. The number of nitrogens with zero attached hydrogens (tertiary/aromatic N) is 1. The lowest BCUT2D eigenvalue weighted by molar-refractivity contribution is 0.133. The first-order valence-electron chi connectivity index (χ1n) is 7.37. The van der Waals surface area contributed by atoms with Gasteiger partial charge in [-0.3, -0.25) is 0 Å². The van der Waals surface area contributed by atoms with Gasteiger partial charge >= 0.3 is 0 Å². The van der Waals surface area contributed by atoms with E-state index in [9.17, 15) is 0 Å². The molecule has 2 heteroatoms. The van der Waals surface area contributed by atoms with Crippen LogP contribution in [0.5, 0.6) is 5.75 Å². The van der Waals surface area contributed by atoms with Crippen molar-refractivity contribution < 1.29 is 4.74 Å². The molecule has 0 bridgehead atoms. The predicted octanol–water partition coefficient (Wildman–Crippen LogP) is 3.70. The van der Waals surface area contributed by atoms with E-state index in [0.717, 1.165) is 5.75 Å². The van der Waals surface area contributed by atoms with Crippen LogP contribution in [0.25, 0.3) is 0 Å². The summed E-state index contributed by atoms with van der Waals surface area (Å²) in [5.41, 5.74) is 1.69. The fraction of sp³-hybridized carbons (Fsp3) is 0.647. The van der Waals surface area contributed by atoms with Crippen LogP contribution in [0.15, 0.2) is 24.3 Å². The molecule has 0 aliphatic carbocycles. The van der Waals surface area contributed by atoms with Crippen LogP contribution in [0.4, 0.5) is 0 Å². The first-order valence-corrected chi connectivity index (χ1v) is 7.37. The molecule has 1 aliphatic heterocycles. The Labute approximate surface area is 117 Å². The molecule has 0 aromatic heterocycles. The van der Waals surface area contributed by atoms with Gasteiger partial charge in [-0.05, 0) is 62.9 Å². The molecule has 0 unspecified atom stereocenters. The topological polar surface area (TPSA) is 12.5 Å². The van der Waals surface area contributed by atoms with Crippen molar-refractivity contribution in [3.8, 4) is 5.75 Å². The first-order chi connectivity index (χ1) is 8.91. The van der Waals surface area contributed by atoms with Crippen molar-refractivity contribution in [1.82, 2.24) is 4.90 Å². The lowest BCUT2D eigenvalue weighted by atomic mass is 9.68. The van der Waals surface area contributed by atoms with Gasteiger partial charge in [-0.25, -0.2) is 0 Å². The lowest BCUT2D eigenvalue weighted by Gasteiger charge is -2.44. The van der Waals surface area contributed by atoms with E-state index in [4.69, 9.17) is 4.74 Å². The van der Waals surface area contributed by atoms with Crippen molar-refractivity contribution in [1.29, 1.82) is 0 Å². The third-order valence-corrected chi connectivity index (χ3v) is 4.55. The van der Waals surface area contributed by atoms with Gasteiger partial charge in [-0.2, -0.15) is 0 Å². The molecule has 1 saturated heterocycles. The third-order valence-electron chi connectivity index (χ3n) is 4.55.